The van der Waals surface area contributed by atoms with Gasteiger partial charge in [-0.3, -0.25) is 0 Å². The molecule has 1 N–H and O–H groups in total. The molecule has 1 heterocycles. The highest BCUT2D eigenvalue weighted by Gasteiger charge is 2.04. The Morgan fingerprint density at radius 1 is 1.40 bits per heavy atom. The zero-order valence-corrected chi connectivity index (χ0v) is 10.4. The Morgan fingerprint density at radius 2 is 2.27 bits per heavy atom. The summed E-state index contributed by atoms with van der Waals surface area (Å²) >= 11 is 5.06. The second-order valence-corrected chi connectivity index (χ2v) is 5.15. The molecule has 2 rings (SSSR count). The van der Waals surface area contributed by atoms with Crippen molar-refractivity contribution in [2.45, 2.75) is 6.42 Å². The normalized spacial score (nSPS) is 10.5. The van der Waals surface area contributed by atoms with Gasteiger partial charge in [0.25, 0.3) is 0 Å². The van der Waals surface area contributed by atoms with Crippen molar-refractivity contribution in [2.75, 3.05) is 6.61 Å². The maximum absolute atomic E-state index is 8.82. The first-order chi connectivity index (χ1) is 7.29. The van der Waals surface area contributed by atoms with Crippen molar-refractivity contribution in [1.82, 2.24) is 4.98 Å². The molecule has 0 radical (unpaired) electrons. The number of benzene rings is 1. The summed E-state index contributed by atoms with van der Waals surface area (Å²) in [6, 6.07) is 8.06. The van der Waals surface area contributed by atoms with Gasteiger partial charge in [0.1, 0.15) is 5.01 Å². The van der Waals surface area contributed by atoms with Crippen LogP contribution in [0.2, 0.25) is 0 Å². The zero-order valence-electron chi connectivity index (χ0n) is 7.98. The van der Waals surface area contributed by atoms with Crippen LogP contribution in [-0.2, 0) is 6.42 Å². The number of aromatic nitrogens is 1. The number of nitrogens with zero attached hydrogens (tertiary/aromatic N) is 1. The van der Waals surface area contributed by atoms with E-state index in [0.29, 0.717) is 6.42 Å². The smallest absolute Gasteiger partial charge is 0.123 e. The summed E-state index contributed by atoms with van der Waals surface area (Å²) in [5.41, 5.74) is 1.11. The Bertz CT molecular complexity index is 455. The minimum atomic E-state index is 0.181. The number of halogens is 1. The van der Waals surface area contributed by atoms with Gasteiger partial charge >= 0.3 is 0 Å². The van der Waals surface area contributed by atoms with Gasteiger partial charge in [0.2, 0.25) is 0 Å². The molecule has 0 saturated carbocycles. The van der Waals surface area contributed by atoms with E-state index in [9.17, 15) is 0 Å². The van der Waals surface area contributed by atoms with Crippen LogP contribution in [0.4, 0.5) is 0 Å². The van der Waals surface area contributed by atoms with Gasteiger partial charge in [-0.15, -0.1) is 11.3 Å². The summed E-state index contributed by atoms with van der Waals surface area (Å²) < 4.78 is 1.05. The maximum atomic E-state index is 8.82. The van der Waals surface area contributed by atoms with Crippen LogP contribution in [0.3, 0.4) is 0 Å². The van der Waals surface area contributed by atoms with Crippen LogP contribution in [0.1, 0.15) is 4.88 Å². The van der Waals surface area contributed by atoms with Gasteiger partial charge in [0.15, 0.2) is 0 Å². The number of hydrogen-bond acceptors (Lipinski definition) is 3. The number of rotatable bonds is 3. The van der Waals surface area contributed by atoms with Gasteiger partial charge in [-0.05, 0) is 12.1 Å². The summed E-state index contributed by atoms with van der Waals surface area (Å²) in [6.07, 6.45) is 2.52. The highest BCUT2D eigenvalue weighted by Crippen LogP contribution is 2.27. The van der Waals surface area contributed by atoms with Crippen molar-refractivity contribution in [3.63, 3.8) is 0 Å². The van der Waals surface area contributed by atoms with Crippen molar-refractivity contribution in [3.8, 4) is 10.6 Å². The largest absolute Gasteiger partial charge is 0.396 e. The predicted molar refractivity (Wildman–Crippen MR) is 66.0 cm³/mol. The van der Waals surface area contributed by atoms with E-state index in [-0.39, 0.29) is 6.61 Å². The van der Waals surface area contributed by atoms with E-state index in [1.165, 1.54) is 0 Å². The first kappa shape index (κ1) is 10.8. The zero-order chi connectivity index (χ0) is 10.7. The molecule has 2 nitrogen and oxygen atoms in total. The van der Waals surface area contributed by atoms with Crippen LogP contribution in [0.25, 0.3) is 10.6 Å². The van der Waals surface area contributed by atoms with Crippen molar-refractivity contribution in [3.05, 3.63) is 39.8 Å². The van der Waals surface area contributed by atoms with Crippen molar-refractivity contribution >= 4 is 27.3 Å². The Morgan fingerprint density at radius 3 is 3.00 bits per heavy atom. The summed E-state index contributed by atoms with van der Waals surface area (Å²) in [7, 11) is 0. The SMILES string of the molecule is OCCc1cnc(-c2cccc(Br)c2)s1. The van der Waals surface area contributed by atoms with Crippen LogP contribution in [0.5, 0.6) is 0 Å². The predicted octanol–water partition coefficient (Wildman–Crippen LogP) is 3.11. The second kappa shape index (κ2) is 4.88. The average Bonchev–Trinajstić information content (AvgIpc) is 2.67. The highest BCUT2D eigenvalue weighted by molar-refractivity contribution is 9.10. The number of thiazole rings is 1. The molecule has 0 aliphatic heterocycles. The lowest BCUT2D eigenvalue weighted by molar-refractivity contribution is 0.300. The van der Waals surface area contributed by atoms with Crippen LogP contribution >= 0.6 is 27.3 Å². The first-order valence-electron chi connectivity index (χ1n) is 4.61. The van der Waals surface area contributed by atoms with E-state index in [4.69, 9.17) is 5.11 Å². The Labute approximate surface area is 101 Å². The lowest BCUT2D eigenvalue weighted by Gasteiger charge is -1.96. The van der Waals surface area contributed by atoms with E-state index in [2.05, 4.69) is 20.9 Å². The topological polar surface area (TPSA) is 33.1 Å². The molecular formula is C11H10BrNOS. The van der Waals surface area contributed by atoms with E-state index in [1.54, 1.807) is 11.3 Å². The monoisotopic (exact) mass is 283 g/mol. The fourth-order valence-electron chi connectivity index (χ4n) is 1.29. The van der Waals surface area contributed by atoms with Gasteiger partial charge in [-0.2, -0.15) is 0 Å². The summed E-state index contributed by atoms with van der Waals surface area (Å²) in [6.45, 7) is 0.181. The van der Waals surface area contributed by atoms with Crippen LogP contribution in [0, 0.1) is 0 Å². The lowest BCUT2D eigenvalue weighted by atomic mass is 10.2. The molecule has 4 heteroatoms. The molecule has 15 heavy (non-hydrogen) atoms. The van der Waals surface area contributed by atoms with E-state index in [0.717, 1.165) is 19.9 Å². The average molecular weight is 284 g/mol. The van der Waals surface area contributed by atoms with E-state index < -0.39 is 0 Å². The Kier molecular flexibility index (Phi) is 3.51. The van der Waals surface area contributed by atoms with Crippen molar-refractivity contribution in [1.29, 1.82) is 0 Å². The van der Waals surface area contributed by atoms with Gasteiger partial charge in [-0.25, -0.2) is 4.98 Å². The minimum Gasteiger partial charge on any atom is -0.396 e. The van der Waals surface area contributed by atoms with E-state index >= 15 is 0 Å². The molecule has 0 bridgehead atoms. The summed E-state index contributed by atoms with van der Waals surface area (Å²) in [4.78, 5) is 5.45. The number of hydrogen-bond donors (Lipinski definition) is 1. The molecule has 0 fully saturated rings. The summed E-state index contributed by atoms with van der Waals surface area (Å²) in [5.74, 6) is 0. The molecule has 2 aromatic rings. The molecule has 0 spiro atoms. The molecular weight excluding hydrogens is 274 g/mol. The van der Waals surface area contributed by atoms with Crippen LogP contribution in [-0.4, -0.2) is 16.7 Å². The molecule has 0 saturated heterocycles. The van der Waals surface area contributed by atoms with Crippen LogP contribution < -0.4 is 0 Å². The lowest BCUT2D eigenvalue weighted by Crippen LogP contribution is -1.84. The Hall–Kier alpha value is -0.710. The molecule has 1 aromatic carbocycles. The first-order valence-corrected chi connectivity index (χ1v) is 6.22. The quantitative estimate of drug-likeness (QED) is 0.939. The molecule has 78 valence electrons. The highest BCUT2D eigenvalue weighted by atomic mass is 79.9. The molecule has 0 unspecified atom stereocenters. The van der Waals surface area contributed by atoms with E-state index in [1.807, 2.05) is 30.5 Å². The van der Waals surface area contributed by atoms with Gasteiger partial charge < -0.3 is 5.11 Å². The van der Waals surface area contributed by atoms with Gasteiger partial charge in [0.05, 0.1) is 0 Å². The Balaban J connectivity index is 2.29. The van der Waals surface area contributed by atoms with Gasteiger partial charge in [0, 0.05) is 34.1 Å². The van der Waals surface area contributed by atoms with Crippen molar-refractivity contribution in [2.24, 2.45) is 0 Å². The van der Waals surface area contributed by atoms with Crippen molar-refractivity contribution < 1.29 is 5.11 Å². The summed E-state index contributed by atoms with van der Waals surface area (Å²) in [5, 5.41) is 9.81. The maximum Gasteiger partial charge on any atom is 0.123 e. The number of aliphatic hydroxyl groups excluding tert-OH is 1. The third kappa shape index (κ3) is 2.65. The van der Waals surface area contributed by atoms with Crippen LogP contribution in [0.15, 0.2) is 34.9 Å². The molecule has 0 aliphatic carbocycles. The van der Waals surface area contributed by atoms with Gasteiger partial charge in [-0.1, -0.05) is 28.1 Å². The number of aliphatic hydroxyl groups is 1. The standard InChI is InChI=1S/C11H10BrNOS/c12-9-3-1-2-8(6-9)11-13-7-10(15-11)4-5-14/h1-3,6-7,14H,4-5H2. The minimum absolute atomic E-state index is 0.181. The fourth-order valence-corrected chi connectivity index (χ4v) is 2.58. The third-order valence-electron chi connectivity index (χ3n) is 1.98. The third-order valence-corrected chi connectivity index (χ3v) is 3.58. The second-order valence-electron chi connectivity index (χ2n) is 3.12. The molecule has 0 amide bonds. The molecule has 0 aliphatic rings. The fraction of sp³-hybridized carbons (Fsp3) is 0.182. The molecule has 0 atom stereocenters. The molecule has 1 aromatic heterocycles.